The average molecular weight is 334 g/mol. The lowest BCUT2D eigenvalue weighted by Crippen LogP contribution is -2.31. The van der Waals surface area contributed by atoms with Gasteiger partial charge in [-0.2, -0.15) is 0 Å². The molecule has 0 heterocycles. The summed E-state index contributed by atoms with van der Waals surface area (Å²) in [6.07, 6.45) is 2.80. The van der Waals surface area contributed by atoms with Gasteiger partial charge in [-0.05, 0) is 36.3 Å². The van der Waals surface area contributed by atoms with Crippen molar-refractivity contribution in [3.05, 3.63) is 28.8 Å². The molecule has 1 atom stereocenters. The second-order valence-electron chi connectivity index (χ2n) is 5.92. The summed E-state index contributed by atoms with van der Waals surface area (Å²) in [5, 5.41) is 3.23. The molecule has 1 amide bonds. The second kappa shape index (κ2) is 7.58. The van der Waals surface area contributed by atoms with E-state index >= 15 is 0 Å². The Balaban J connectivity index is 2.63. The highest BCUT2D eigenvalue weighted by Crippen LogP contribution is 2.24. The van der Waals surface area contributed by atoms with Gasteiger partial charge in [-0.25, -0.2) is 0 Å². The molecule has 20 heavy (non-hydrogen) atoms. The highest BCUT2D eigenvalue weighted by molar-refractivity contribution is 7.98. The van der Waals surface area contributed by atoms with Gasteiger partial charge >= 0.3 is 0 Å². The van der Waals surface area contributed by atoms with Crippen molar-refractivity contribution in [3.63, 3.8) is 0 Å². The topological polar surface area (TPSA) is 29.1 Å². The number of hydrogen-bond acceptors (Lipinski definition) is 2. The van der Waals surface area contributed by atoms with Crippen LogP contribution in [0.1, 0.15) is 37.6 Å². The first kappa shape index (κ1) is 17.7. The number of halogens is 2. The van der Waals surface area contributed by atoms with E-state index in [-0.39, 0.29) is 16.7 Å². The molecule has 0 aliphatic carbocycles. The van der Waals surface area contributed by atoms with Gasteiger partial charge in [-0.1, -0.05) is 32.4 Å². The monoisotopic (exact) mass is 333 g/mol. The maximum absolute atomic E-state index is 12.1. The van der Waals surface area contributed by atoms with Crippen molar-refractivity contribution in [2.45, 2.75) is 37.5 Å². The van der Waals surface area contributed by atoms with Crippen LogP contribution in [0.25, 0.3) is 0 Å². The zero-order valence-corrected chi connectivity index (χ0v) is 14.6. The predicted octanol–water partition coefficient (Wildman–Crippen LogP) is 4.84. The molecule has 5 heteroatoms. The largest absolute Gasteiger partial charge is 0.351 e. The van der Waals surface area contributed by atoms with Crippen LogP contribution in [0.4, 0.5) is 0 Å². The summed E-state index contributed by atoms with van der Waals surface area (Å²) in [6, 6.07) is 5.44. The minimum atomic E-state index is -0.176. The Morgan fingerprint density at radius 3 is 2.60 bits per heavy atom. The van der Waals surface area contributed by atoms with Crippen LogP contribution in [0.3, 0.4) is 0 Å². The van der Waals surface area contributed by atoms with Gasteiger partial charge in [-0.3, -0.25) is 4.79 Å². The lowest BCUT2D eigenvalue weighted by Gasteiger charge is -2.22. The first-order chi connectivity index (χ1) is 9.23. The van der Waals surface area contributed by atoms with Crippen LogP contribution in [0.15, 0.2) is 23.1 Å². The average Bonchev–Trinajstić information content (AvgIpc) is 2.34. The molecule has 1 aromatic carbocycles. The number of rotatable bonds is 5. The highest BCUT2D eigenvalue weighted by Gasteiger charge is 2.18. The summed E-state index contributed by atoms with van der Waals surface area (Å²) < 4.78 is 0. The van der Waals surface area contributed by atoms with Crippen LogP contribution >= 0.6 is 35.0 Å². The molecule has 2 nitrogen and oxygen atoms in total. The van der Waals surface area contributed by atoms with Crippen LogP contribution in [-0.2, 0) is 0 Å². The van der Waals surface area contributed by atoms with E-state index < -0.39 is 0 Å². The van der Waals surface area contributed by atoms with Gasteiger partial charge in [-0.15, -0.1) is 23.4 Å². The van der Waals surface area contributed by atoms with E-state index in [4.69, 9.17) is 23.2 Å². The normalized spacial score (nSPS) is 13.1. The molecular weight excluding hydrogens is 313 g/mol. The summed E-state index contributed by atoms with van der Waals surface area (Å²) in [4.78, 5) is 13.2. The molecule has 0 saturated heterocycles. The third-order valence-corrected chi connectivity index (χ3v) is 4.10. The summed E-state index contributed by atoms with van der Waals surface area (Å²) in [5.74, 6) is -0.176. The lowest BCUT2D eigenvalue weighted by atomic mass is 9.90. The van der Waals surface area contributed by atoms with Crippen LogP contribution < -0.4 is 5.32 Å². The van der Waals surface area contributed by atoms with Crippen LogP contribution in [0.2, 0.25) is 5.02 Å². The third-order valence-electron chi connectivity index (χ3n) is 2.74. The van der Waals surface area contributed by atoms with Crippen LogP contribution in [0, 0.1) is 5.41 Å². The van der Waals surface area contributed by atoms with E-state index in [1.165, 1.54) is 0 Å². The first-order valence-electron chi connectivity index (χ1n) is 6.49. The van der Waals surface area contributed by atoms with Gasteiger partial charge in [0.15, 0.2) is 0 Å². The summed E-state index contributed by atoms with van der Waals surface area (Å²) in [5.41, 5.74) is 0.645. The van der Waals surface area contributed by atoms with Gasteiger partial charge in [0.25, 0.3) is 5.91 Å². The summed E-state index contributed by atoms with van der Waals surface area (Å²) in [6.45, 7) is 6.83. The Morgan fingerprint density at radius 2 is 2.05 bits per heavy atom. The van der Waals surface area contributed by atoms with Crippen molar-refractivity contribution < 1.29 is 4.79 Å². The SMILES string of the molecule is CSc1ccc(Cl)c(C(=O)NCC(Cl)CC(C)(C)C)c1. The molecule has 0 aliphatic rings. The Labute approximate surface area is 135 Å². The zero-order chi connectivity index (χ0) is 15.3. The highest BCUT2D eigenvalue weighted by atomic mass is 35.5. The van der Waals surface area contributed by atoms with E-state index in [0.29, 0.717) is 17.1 Å². The number of alkyl halides is 1. The van der Waals surface area contributed by atoms with E-state index in [1.807, 2.05) is 12.3 Å². The van der Waals surface area contributed by atoms with Crippen molar-refractivity contribution in [3.8, 4) is 0 Å². The number of benzene rings is 1. The smallest absolute Gasteiger partial charge is 0.252 e. The third kappa shape index (κ3) is 5.94. The summed E-state index contributed by atoms with van der Waals surface area (Å²) >= 11 is 13.9. The van der Waals surface area contributed by atoms with Crippen molar-refractivity contribution in [2.24, 2.45) is 5.41 Å². The molecule has 1 unspecified atom stereocenters. The standard InChI is InChI=1S/C15H21Cl2NOS/c1-15(2,3)8-10(16)9-18-14(19)12-7-11(20-4)5-6-13(12)17/h5-7,10H,8-9H2,1-4H3,(H,18,19). The molecule has 0 spiro atoms. The van der Waals surface area contributed by atoms with Gasteiger partial charge in [0, 0.05) is 11.4 Å². The van der Waals surface area contributed by atoms with Crippen molar-refractivity contribution in [1.82, 2.24) is 5.32 Å². The number of nitrogens with one attached hydrogen (secondary N) is 1. The molecule has 1 aromatic rings. The molecular formula is C15H21Cl2NOS. The van der Waals surface area contributed by atoms with E-state index in [2.05, 4.69) is 26.1 Å². The maximum Gasteiger partial charge on any atom is 0.252 e. The number of hydrogen-bond donors (Lipinski definition) is 1. The minimum Gasteiger partial charge on any atom is -0.351 e. The van der Waals surface area contributed by atoms with Crippen molar-refractivity contribution in [1.29, 1.82) is 0 Å². The number of carbonyl (C=O) groups is 1. The molecule has 0 radical (unpaired) electrons. The number of carbonyl (C=O) groups excluding carboxylic acids is 1. The Morgan fingerprint density at radius 1 is 1.40 bits per heavy atom. The Bertz CT molecular complexity index is 471. The predicted molar refractivity (Wildman–Crippen MR) is 89.3 cm³/mol. The molecule has 0 bridgehead atoms. The molecule has 1 N–H and O–H groups in total. The van der Waals surface area contributed by atoms with Gasteiger partial charge in [0.05, 0.1) is 16.0 Å². The van der Waals surface area contributed by atoms with Gasteiger partial charge in [0.1, 0.15) is 0 Å². The fourth-order valence-electron chi connectivity index (χ4n) is 1.84. The van der Waals surface area contributed by atoms with Crippen molar-refractivity contribution >= 4 is 40.9 Å². The molecule has 0 saturated carbocycles. The molecule has 0 aliphatic heterocycles. The molecule has 0 aromatic heterocycles. The quantitative estimate of drug-likeness (QED) is 0.617. The molecule has 112 valence electrons. The van der Waals surface area contributed by atoms with Crippen LogP contribution in [0.5, 0.6) is 0 Å². The minimum absolute atomic E-state index is 0.0820. The zero-order valence-electron chi connectivity index (χ0n) is 12.3. The molecule has 0 fully saturated rings. The summed E-state index contributed by atoms with van der Waals surface area (Å²) in [7, 11) is 0. The fourth-order valence-corrected chi connectivity index (χ4v) is 3.02. The van der Waals surface area contributed by atoms with Crippen molar-refractivity contribution in [2.75, 3.05) is 12.8 Å². The fraction of sp³-hybridized carbons (Fsp3) is 0.533. The number of amides is 1. The lowest BCUT2D eigenvalue weighted by molar-refractivity contribution is 0.0952. The van der Waals surface area contributed by atoms with Gasteiger partial charge < -0.3 is 5.32 Å². The van der Waals surface area contributed by atoms with Crippen LogP contribution in [-0.4, -0.2) is 24.1 Å². The Hall–Kier alpha value is -0.380. The number of thioether (sulfide) groups is 1. The van der Waals surface area contributed by atoms with E-state index in [1.54, 1.807) is 23.9 Å². The molecule has 1 rings (SSSR count). The van der Waals surface area contributed by atoms with E-state index in [0.717, 1.165) is 11.3 Å². The maximum atomic E-state index is 12.1. The Kier molecular flexibility index (Phi) is 6.70. The first-order valence-corrected chi connectivity index (χ1v) is 8.52. The second-order valence-corrected chi connectivity index (χ2v) is 7.82. The van der Waals surface area contributed by atoms with Gasteiger partial charge in [0.2, 0.25) is 0 Å². The van der Waals surface area contributed by atoms with E-state index in [9.17, 15) is 4.79 Å².